The van der Waals surface area contributed by atoms with Gasteiger partial charge >= 0.3 is 5.97 Å². The molecule has 0 bridgehead atoms. The maximum absolute atomic E-state index is 10.8. The third-order valence-corrected chi connectivity index (χ3v) is 3.37. The van der Waals surface area contributed by atoms with Gasteiger partial charge in [0.1, 0.15) is 6.73 Å². The van der Waals surface area contributed by atoms with Crippen LogP contribution in [-0.4, -0.2) is 29.6 Å². The van der Waals surface area contributed by atoms with E-state index >= 15 is 0 Å². The molecule has 1 aromatic heterocycles. The average Bonchev–Trinajstić information content (AvgIpc) is 2.46. The predicted octanol–water partition coefficient (Wildman–Crippen LogP) is 3.46. The zero-order valence-electron chi connectivity index (χ0n) is 12.0. The van der Waals surface area contributed by atoms with Crippen molar-refractivity contribution >= 4 is 21.9 Å². The Morgan fingerprint density at radius 2 is 1.95 bits per heavy atom. The Kier molecular flexibility index (Phi) is 5.47. The second-order valence-electron chi connectivity index (χ2n) is 4.87. The maximum Gasteiger partial charge on any atom is 0.303 e. The number of halogens is 1. The molecule has 0 unspecified atom stereocenters. The normalized spacial score (nSPS) is 10.7. The smallest absolute Gasteiger partial charge is 0.303 e. The van der Waals surface area contributed by atoms with Gasteiger partial charge in [0.05, 0.1) is 0 Å². The number of pyridine rings is 1. The Morgan fingerprint density at radius 1 is 1.24 bits per heavy atom. The number of rotatable bonds is 5. The number of hydrogen-bond acceptors (Lipinski definition) is 4. The van der Waals surface area contributed by atoms with Gasteiger partial charge in [-0.05, 0) is 40.2 Å². The number of ether oxygens (including phenoxy) is 1. The van der Waals surface area contributed by atoms with Crippen LogP contribution in [0.3, 0.4) is 0 Å². The van der Waals surface area contributed by atoms with Crippen molar-refractivity contribution in [1.29, 1.82) is 0 Å². The second-order valence-corrected chi connectivity index (χ2v) is 5.78. The third-order valence-electron chi connectivity index (χ3n) is 2.93. The van der Waals surface area contributed by atoms with Gasteiger partial charge in [-0.2, -0.15) is 0 Å². The Labute approximate surface area is 132 Å². The van der Waals surface area contributed by atoms with Crippen LogP contribution in [0.1, 0.15) is 12.5 Å². The van der Waals surface area contributed by atoms with Crippen LogP contribution in [0.5, 0.6) is 0 Å². The van der Waals surface area contributed by atoms with E-state index in [-0.39, 0.29) is 5.97 Å². The Hall–Kier alpha value is -1.72. The second kappa shape index (κ2) is 7.33. The molecule has 1 aromatic carbocycles. The molecule has 4 nitrogen and oxygen atoms in total. The molecule has 0 spiro atoms. The number of aromatic nitrogens is 1. The standard InChI is InChI=1S/C16H17BrN2O2/c1-12(20)21-11-19(2)10-13-3-5-14(6-4-13)15-7-16(17)9-18-8-15/h3-9H,10-11H2,1-2H3. The Morgan fingerprint density at radius 3 is 2.57 bits per heavy atom. The fourth-order valence-corrected chi connectivity index (χ4v) is 2.30. The zero-order chi connectivity index (χ0) is 15.2. The van der Waals surface area contributed by atoms with Gasteiger partial charge in [-0.1, -0.05) is 24.3 Å². The predicted molar refractivity (Wildman–Crippen MR) is 85.5 cm³/mol. The maximum atomic E-state index is 10.8. The van der Waals surface area contributed by atoms with E-state index in [0.29, 0.717) is 6.73 Å². The minimum Gasteiger partial charge on any atom is -0.450 e. The molecule has 0 aliphatic carbocycles. The Bertz CT molecular complexity index is 614. The first kappa shape index (κ1) is 15.7. The van der Waals surface area contributed by atoms with Gasteiger partial charge in [0, 0.05) is 35.9 Å². The molecular formula is C16H17BrN2O2. The van der Waals surface area contributed by atoms with Gasteiger partial charge in [-0.15, -0.1) is 0 Å². The quantitative estimate of drug-likeness (QED) is 0.612. The number of carbonyl (C=O) groups is 1. The molecule has 0 atom stereocenters. The van der Waals surface area contributed by atoms with E-state index in [9.17, 15) is 4.79 Å². The van der Waals surface area contributed by atoms with E-state index in [1.165, 1.54) is 6.92 Å². The molecule has 110 valence electrons. The summed E-state index contributed by atoms with van der Waals surface area (Å²) >= 11 is 3.42. The first-order chi connectivity index (χ1) is 10.0. The largest absolute Gasteiger partial charge is 0.450 e. The molecule has 1 heterocycles. The summed E-state index contributed by atoms with van der Waals surface area (Å²) in [5.41, 5.74) is 3.36. The summed E-state index contributed by atoms with van der Waals surface area (Å²) in [6.45, 7) is 2.44. The summed E-state index contributed by atoms with van der Waals surface area (Å²) in [4.78, 5) is 16.9. The molecule has 0 fully saturated rings. The molecular weight excluding hydrogens is 332 g/mol. The van der Waals surface area contributed by atoms with Crippen molar-refractivity contribution in [1.82, 2.24) is 9.88 Å². The van der Waals surface area contributed by atoms with Crippen molar-refractivity contribution in [2.24, 2.45) is 0 Å². The number of hydrogen-bond donors (Lipinski definition) is 0. The van der Waals surface area contributed by atoms with Crippen molar-refractivity contribution < 1.29 is 9.53 Å². The average molecular weight is 349 g/mol. The minimum atomic E-state index is -0.264. The van der Waals surface area contributed by atoms with E-state index in [1.54, 1.807) is 6.20 Å². The van der Waals surface area contributed by atoms with Crippen LogP contribution in [0.4, 0.5) is 0 Å². The van der Waals surface area contributed by atoms with Gasteiger partial charge in [-0.3, -0.25) is 14.7 Å². The van der Waals surface area contributed by atoms with Crippen LogP contribution < -0.4 is 0 Å². The highest BCUT2D eigenvalue weighted by atomic mass is 79.9. The number of carbonyl (C=O) groups excluding carboxylic acids is 1. The van der Waals surface area contributed by atoms with Gasteiger partial charge < -0.3 is 4.74 Å². The highest BCUT2D eigenvalue weighted by molar-refractivity contribution is 9.10. The van der Waals surface area contributed by atoms with Gasteiger partial charge in [0.25, 0.3) is 0 Å². The molecule has 0 N–H and O–H groups in total. The van der Waals surface area contributed by atoms with Crippen LogP contribution in [-0.2, 0) is 16.1 Å². The number of nitrogens with zero attached hydrogens (tertiary/aromatic N) is 2. The molecule has 0 saturated heterocycles. The minimum absolute atomic E-state index is 0.264. The van der Waals surface area contributed by atoms with Crippen molar-refractivity contribution in [3.05, 3.63) is 52.8 Å². The Balaban J connectivity index is 2.00. The molecule has 2 rings (SSSR count). The highest BCUT2D eigenvalue weighted by Gasteiger charge is 2.04. The fraction of sp³-hybridized carbons (Fsp3) is 0.250. The molecule has 21 heavy (non-hydrogen) atoms. The first-order valence-corrected chi connectivity index (χ1v) is 7.35. The number of benzene rings is 1. The topological polar surface area (TPSA) is 42.4 Å². The summed E-state index contributed by atoms with van der Waals surface area (Å²) in [7, 11) is 1.91. The van der Waals surface area contributed by atoms with E-state index < -0.39 is 0 Å². The van der Waals surface area contributed by atoms with Crippen LogP contribution in [0.15, 0.2) is 47.2 Å². The fourth-order valence-electron chi connectivity index (χ4n) is 1.93. The van der Waals surface area contributed by atoms with E-state index in [2.05, 4.69) is 45.2 Å². The summed E-state index contributed by atoms with van der Waals surface area (Å²) in [6, 6.07) is 10.3. The highest BCUT2D eigenvalue weighted by Crippen LogP contribution is 2.22. The van der Waals surface area contributed by atoms with Gasteiger partial charge in [0.2, 0.25) is 0 Å². The van der Waals surface area contributed by atoms with E-state index in [0.717, 1.165) is 27.7 Å². The zero-order valence-corrected chi connectivity index (χ0v) is 13.6. The van der Waals surface area contributed by atoms with Crippen LogP contribution in [0.2, 0.25) is 0 Å². The van der Waals surface area contributed by atoms with Gasteiger partial charge in [-0.25, -0.2) is 0 Å². The lowest BCUT2D eigenvalue weighted by Gasteiger charge is -2.16. The third kappa shape index (κ3) is 4.95. The number of esters is 1. The summed E-state index contributed by atoms with van der Waals surface area (Å²) < 4.78 is 5.92. The molecule has 2 aromatic rings. The van der Waals surface area contributed by atoms with Crippen LogP contribution in [0.25, 0.3) is 11.1 Å². The lowest BCUT2D eigenvalue weighted by molar-refractivity contribution is -0.145. The lowest BCUT2D eigenvalue weighted by atomic mass is 10.1. The van der Waals surface area contributed by atoms with Crippen LogP contribution >= 0.6 is 15.9 Å². The van der Waals surface area contributed by atoms with E-state index in [4.69, 9.17) is 4.74 Å². The summed E-state index contributed by atoms with van der Waals surface area (Å²) in [5.74, 6) is -0.264. The molecule has 0 radical (unpaired) electrons. The monoisotopic (exact) mass is 348 g/mol. The van der Waals surface area contributed by atoms with Crippen molar-refractivity contribution in [2.45, 2.75) is 13.5 Å². The van der Waals surface area contributed by atoms with Crippen molar-refractivity contribution in [2.75, 3.05) is 13.8 Å². The van der Waals surface area contributed by atoms with Crippen LogP contribution in [0, 0.1) is 0 Å². The molecule has 5 heteroatoms. The van der Waals surface area contributed by atoms with Crippen molar-refractivity contribution in [3.8, 4) is 11.1 Å². The lowest BCUT2D eigenvalue weighted by Crippen LogP contribution is -2.22. The SMILES string of the molecule is CC(=O)OCN(C)Cc1ccc(-c2cncc(Br)c2)cc1. The van der Waals surface area contributed by atoms with Gasteiger partial charge in [0.15, 0.2) is 0 Å². The molecule has 0 aliphatic heterocycles. The first-order valence-electron chi connectivity index (χ1n) is 6.56. The van der Waals surface area contributed by atoms with E-state index in [1.807, 2.05) is 24.2 Å². The molecule has 0 amide bonds. The summed E-state index contributed by atoms with van der Waals surface area (Å²) in [5, 5.41) is 0. The molecule has 0 saturated carbocycles. The van der Waals surface area contributed by atoms with Crippen molar-refractivity contribution in [3.63, 3.8) is 0 Å². The summed E-state index contributed by atoms with van der Waals surface area (Å²) in [6.07, 6.45) is 3.61. The molecule has 0 aliphatic rings.